The molecule has 1 aromatic rings. The fourth-order valence-corrected chi connectivity index (χ4v) is 1.82. The summed E-state index contributed by atoms with van der Waals surface area (Å²) >= 11 is 0. The second-order valence-corrected chi connectivity index (χ2v) is 3.78. The van der Waals surface area contributed by atoms with Crippen molar-refractivity contribution >= 4 is 0 Å². The van der Waals surface area contributed by atoms with Gasteiger partial charge in [0.15, 0.2) is 11.5 Å². The van der Waals surface area contributed by atoms with Gasteiger partial charge in [0.25, 0.3) is 0 Å². The van der Waals surface area contributed by atoms with Crippen LogP contribution in [-0.4, -0.2) is 25.9 Å². The van der Waals surface area contributed by atoms with Gasteiger partial charge in [-0.05, 0) is 24.1 Å². The van der Waals surface area contributed by atoms with Crippen LogP contribution < -0.4 is 9.47 Å². The van der Waals surface area contributed by atoms with Crippen molar-refractivity contribution < 1.29 is 14.6 Å². The summed E-state index contributed by atoms with van der Waals surface area (Å²) < 4.78 is 10.4. The fourth-order valence-electron chi connectivity index (χ4n) is 1.82. The van der Waals surface area contributed by atoms with E-state index in [0.717, 1.165) is 29.9 Å². The van der Waals surface area contributed by atoms with E-state index in [2.05, 4.69) is 6.92 Å². The van der Waals surface area contributed by atoms with Gasteiger partial charge in [0.1, 0.15) is 0 Å². The molecule has 1 unspecified atom stereocenters. The zero-order valence-electron chi connectivity index (χ0n) is 10.2. The second kappa shape index (κ2) is 6.38. The van der Waals surface area contributed by atoms with Crippen LogP contribution in [0.4, 0.5) is 0 Å². The van der Waals surface area contributed by atoms with Crippen LogP contribution in [0.2, 0.25) is 0 Å². The molecule has 3 nitrogen and oxygen atoms in total. The standard InChI is InChI=1S/C13H20O3/c1-4-5-11(9-14)10-6-7-12(15-2)13(8-10)16-3/h6-8,11,14H,4-5,9H2,1-3H3. The highest BCUT2D eigenvalue weighted by atomic mass is 16.5. The molecular formula is C13H20O3. The summed E-state index contributed by atoms with van der Waals surface area (Å²) in [5.74, 6) is 1.62. The summed E-state index contributed by atoms with van der Waals surface area (Å²) in [6, 6.07) is 5.81. The van der Waals surface area contributed by atoms with E-state index in [1.54, 1.807) is 14.2 Å². The van der Waals surface area contributed by atoms with E-state index >= 15 is 0 Å². The molecule has 0 spiro atoms. The smallest absolute Gasteiger partial charge is 0.160 e. The SMILES string of the molecule is CCCC(CO)c1ccc(OC)c(OC)c1. The van der Waals surface area contributed by atoms with Gasteiger partial charge in [0, 0.05) is 12.5 Å². The molecule has 0 radical (unpaired) electrons. The number of hydrogen-bond donors (Lipinski definition) is 1. The summed E-state index contributed by atoms with van der Waals surface area (Å²) in [5, 5.41) is 9.33. The molecule has 16 heavy (non-hydrogen) atoms. The maximum absolute atomic E-state index is 9.33. The third kappa shape index (κ3) is 2.89. The molecule has 0 amide bonds. The highest BCUT2D eigenvalue weighted by Gasteiger charge is 2.12. The van der Waals surface area contributed by atoms with E-state index in [1.165, 1.54) is 0 Å². The average Bonchev–Trinajstić information content (AvgIpc) is 2.35. The van der Waals surface area contributed by atoms with E-state index < -0.39 is 0 Å². The van der Waals surface area contributed by atoms with Gasteiger partial charge in [-0.1, -0.05) is 19.4 Å². The number of methoxy groups -OCH3 is 2. The van der Waals surface area contributed by atoms with Crippen LogP contribution >= 0.6 is 0 Å². The third-order valence-corrected chi connectivity index (χ3v) is 2.74. The minimum atomic E-state index is 0.170. The Hall–Kier alpha value is -1.22. The van der Waals surface area contributed by atoms with Crippen LogP contribution in [0.15, 0.2) is 18.2 Å². The Morgan fingerprint density at radius 2 is 1.88 bits per heavy atom. The summed E-state index contributed by atoms with van der Waals surface area (Å²) in [4.78, 5) is 0. The monoisotopic (exact) mass is 224 g/mol. The number of rotatable bonds is 6. The first-order valence-electron chi connectivity index (χ1n) is 5.59. The van der Waals surface area contributed by atoms with Gasteiger partial charge in [0.05, 0.1) is 14.2 Å². The first kappa shape index (κ1) is 12.8. The Balaban J connectivity index is 2.96. The van der Waals surface area contributed by atoms with E-state index in [0.29, 0.717) is 0 Å². The van der Waals surface area contributed by atoms with Gasteiger partial charge >= 0.3 is 0 Å². The lowest BCUT2D eigenvalue weighted by molar-refractivity contribution is 0.258. The van der Waals surface area contributed by atoms with Crippen molar-refractivity contribution in [1.82, 2.24) is 0 Å². The highest BCUT2D eigenvalue weighted by Crippen LogP contribution is 2.31. The molecule has 0 aliphatic heterocycles. The molecule has 0 bridgehead atoms. The van der Waals surface area contributed by atoms with Gasteiger partial charge in [0.2, 0.25) is 0 Å². The molecule has 90 valence electrons. The van der Waals surface area contributed by atoms with Crippen LogP contribution in [0.3, 0.4) is 0 Å². The summed E-state index contributed by atoms with van der Waals surface area (Å²) in [6.45, 7) is 2.28. The quantitative estimate of drug-likeness (QED) is 0.807. The number of ether oxygens (including phenoxy) is 2. The maximum Gasteiger partial charge on any atom is 0.160 e. The Kier molecular flexibility index (Phi) is 5.12. The number of aliphatic hydroxyl groups is 1. The van der Waals surface area contributed by atoms with Gasteiger partial charge in [-0.15, -0.1) is 0 Å². The van der Waals surface area contributed by atoms with Crippen molar-refractivity contribution in [2.75, 3.05) is 20.8 Å². The molecule has 0 aromatic heterocycles. The second-order valence-electron chi connectivity index (χ2n) is 3.78. The molecular weight excluding hydrogens is 204 g/mol. The van der Waals surface area contributed by atoms with E-state index in [1.807, 2.05) is 18.2 Å². The van der Waals surface area contributed by atoms with Gasteiger partial charge < -0.3 is 14.6 Å². The molecule has 1 atom stereocenters. The van der Waals surface area contributed by atoms with Crippen molar-refractivity contribution in [2.24, 2.45) is 0 Å². The van der Waals surface area contributed by atoms with Crippen LogP contribution in [0.25, 0.3) is 0 Å². The van der Waals surface area contributed by atoms with Crippen molar-refractivity contribution in [3.05, 3.63) is 23.8 Å². The van der Waals surface area contributed by atoms with Gasteiger partial charge in [-0.2, -0.15) is 0 Å². The maximum atomic E-state index is 9.33. The fraction of sp³-hybridized carbons (Fsp3) is 0.538. The lowest BCUT2D eigenvalue weighted by Gasteiger charge is -2.16. The Morgan fingerprint density at radius 1 is 1.19 bits per heavy atom. The first-order chi connectivity index (χ1) is 7.76. The van der Waals surface area contributed by atoms with Gasteiger partial charge in [-0.3, -0.25) is 0 Å². The molecule has 0 saturated carbocycles. The van der Waals surface area contributed by atoms with Crippen LogP contribution in [0.1, 0.15) is 31.2 Å². The number of aliphatic hydroxyl groups excluding tert-OH is 1. The molecule has 0 aliphatic carbocycles. The summed E-state index contributed by atoms with van der Waals surface area (Å²) in [7, 11) is 3.24. The number of benzene rings is 1. The summed E-state index contributed by atoms with van der Waals surface area (Å²) in [6.07, 6.45) is 2.03. The minimum Gasteiger partial charge on any atom is -0.493 e. The first-order valence-corrected chi connectivity index (χ1v) is 5.59. The Morgan fingerprint density at radius 3 is 2.38 bits per heavy atom. The topological polar surface area (TPSA) is 38.7 Å². The largest absolute Gasteiger partial charge is 0.493 e. The van der Waals surface area contributed by atoms with E-state index in [9.17, 15) is 5.11 Å². The normalized spacial score (nSPS) is 12.2. The third-order valence-electron chi connectivity index (χ3n) is 2.74. The average molecular weight is 224 g/mol. The molecule has 0 heterocycles. The Labute approximate surface area is 97.0 Å². The van der Waals surface area contributed by atoms with Crippen molar-refractivity contribution in [1.29, 1.82) is 0 Å². The summed E-state index contributed by atoms with van der Waals surface area (Å²) in [5.41, 5.74) is 1.10. The Bertz CT molecular complexity index is 323. The van der Waals surface area contributed by atoms with Crippen molar-refractivity contribution in [2.45, 2.75) is 25.7 Å². The number of hydrogen-bond acceptors (Lipinski definition) is 3. The van der Waals surface area contributed by atoms with E-state index in [-0.39, 0.29) is 12.5 Å². The van der Waals surface area contributed by atoms with Crippen molar-refractivity contribution in [3.8, 4) is 11.5 Å². The van der Waals surface area contributed by atoms with Crippen molar-refractivity contribution in [3.63, 3.8) is 0 Å². The molecule has 0 fully saturated rings. The molecule has 1 aromatic carbocycles. The highest BCUT2D eigenvalue weighted by molar-refractivity contribution is 5.43. The zero-order chi connectivity index (χ0) is 12.0. The minimum absolute atomic E-state index is 0.170. The van der Waals surface area contributed by atoms with Crippen LogP contribution in [-0.2, 0) is 0 Å². The van der Waals surface area contributed by atoms with Crippen LogP contribution in [0.5, 0.6) is 11.5 Å². The molecule has 3 heteroatoms. The predicted molar refractivity (Wildman–Crippen MR) is 64.3 cm³/mol. The van der Waals surface area contributed by atoms with E-state index in [4.69, 9.17) is 9.47 Å². The molecule has 1 rings (SSSR count). The molecule has 1 N–H and O–H groups in total. The zero-order valence-corrected chi connectivity index (χ0v) is 10.2. The lowest BCUT2D eigenvalue weighted by Crippen LogP contribution is -2.04. The lowest BCUT2D eigenvalue weighted by atomic mass is 9.95. The van der Waals surface area contributed by atoms with Gasteiger partial charge in [-0.25, -0.2) is 0 Å². The predicted octanol–water partition coefficient (Wildman–Crippen LogP) is 2.58. The molecule has 0 aliphatic rings. The molecule has 0 saturated heterocycles. The van der Waals surface area contributed by atoms with Crippen LogP contribution in [0, 0.1) is 0 Å².